The van der Waals surface area contributed by atoms with Gasteiger partial charge in [-0.15, -0.1) is 0 Å². The van der Waals surface area contributed by atoms with Gasteiger partial charge in [0, 0.05) is 65.2 Å². The average Bonchev–Trinajstić information content (AvgIpc) is 3.61. The largest absolute Gasteiger partial charge is 0.504 e. The molecule has 14 nitrogen and oxygen atoms in total. The van der Waals surface area contributed by atoms with Crippen LogP contribution >= 0.6 is 0 Å². The number of piperazine rings is 1. The van der Waals surface area contributed by atoms with Crippen LogP contribution < -0.4 is 34.3 Å². The Morgan fingerprint density at radius 2 is 1.81 bits per heavy atom. The number of nitrogens with one attached hydrogen (secondary N) is 2. The number of rotatable bonds is 3. The lowest BCUT2D eigenvalue weighted by atomic mass is 9.74. The summed E-state index contributed by atoms with van der Waals surface area (Å²) in [6.45, 7) is 5.66. The fourth-order valence-corrected chi connectivity index (χ4v) is 11.9. The predicted octanol–water partition coefficient (Wildman–Crippen LogP) is 2.77. The van der Waals surface area contributed by atoms with Gasteiger partial charge in [-0.05, 0) is 61.1 Å². The van der Waals surface area contributed by atoms with Gasteiger partial charge in [-0.25, -0.2) is 4.79 Å². The van der Waals surface area contributed by atoms with Crippen LogP contribution in [-0.2, 0) is 43.5 Å². The Morgan fingerprint density at radius 3 is 2.57 bits per heavy atom. The second-order valence-electron chi connectivity index (χ2n) is 14.6. The number of fused-ring (bicyclic) bond motifs is 9. The summed E-state index contributed by atoms with van der Waals surface area (Å²) < 4.78 is 51.4. The predicted molar refractivity (Wildman–Crippen MR) is 189 cm³/mol. The van der Waals surface area contributed by atoms with Crippen LogP contribution in [0, 0.1) is 13.8 Å². The number of aromatic hydroxyl groups is 2. The summed E-state index contributed by atoms with van der Waals surface area (Å²) in [7, 11) is 1.02. The van der Waals surface area contributed by atoms with Crippen molar-refractivity contribution in [2.75, 3.05) is 46.5 Å². The minimum absolute atomic E-state index is 0.0130. The highest BCUT2D eigenvalue weighted by molar-refractivity contribution is 7.85. The van der Waals surface area contributed by atoms with E-state index in [2.05, 4.69) is 15.5 Å². The fourth-order valence-electron chi connectivity index (χ4n) is 9.77. The standard InChI is InChI=1S/C38H41N3O11S/c1-16-8-20-9-21-12-41-23-13-49-37(45)38(22-11-25(47-4)24(43)10-19(22)6-7-39-38)14-53(46)36(30(41)29(40-21)26(20)31(44)32(16)48-5)28-27(23)35-34(50-15-51-35)17(2)33(28)52-18(3)42/h8,10-11,21,23,29-30,36,39-40,43-44H,6-7,9,12-15H2,1-5H3/t21?,23?,29?,30?,36-,38-,53?/m1/s1. The zero-order valence-electron chi connectivity index (χ0n) is 30.0. The van der Waals surface area contributed by atoms with Crippen molar-refractivity contribution in [1.29, 1.82) is 0 Å². The number of phenolic OH excluding ortho intramolecular Hbond substituents is 2. The lowest BCUT2D eigenvalue weighted by molar-refractivity contribution is -0.155. The molecule has 5 unspecified atom stereocenters. The first-order valence-corrected chi connectivity index (χ1v) is 19.1. The summed E-state index contributed by atoms with van der Waals surface area (Å²) in [5, 5.41) is 28.8. The maximum Gasteiger partial charge on any atom is 0.332 e. The summed E-state index contributed by atoms with van der Waals surface area (Å²) in [6, 6.07) is 3.39. The first kappa shape index (κ1) is 34.2. The molecule has 4 bridgehead atoms. The SMILES string of the molecule is COc1cc2c(cc1O)CCN[C@]21CS(=O)[C@@H]2c3c(OC(C)=O)c(C)c4c(c3C(COC1=O)N1CC3Cc5cc(C)c(OC)c(O)c5C(N3)C21)OCO4. The number of carbonyl (C=O) groups is 2. The molecule has 7 atom stereocenters. The maximum atomic E-state index is 15.8. The first-order chi connectivity index (χ1) is 25.5. The number of aryl methyl sites for hydroxylation is 1. The molecule has 0 aromatic heterocycles. The van der Waals surface area contributed by atoms with Crippen LogP contribution in [0.3, 0.4) is 0 Å². The maximum absolute atomic E-state index is 15.8. The number of methoxy groups -OCH3 is 2. The molecule has 0 saturated carbocycles. The zero-order valence-corrected chi connectivity index (χ0v) is 30.8. The number of esters is 2. The van der Waals surface area contributed by atoms with Gasteiger partial charge >= 0.3 is 11.9 Å². The third-order valence-electron chi connectivity index (χ3n) is 11.8. The van der Waals surface area contributed by atoms with Crippen molar-refractivity contribution in [3.8, 4) is 40.2 Å². The van der Waals surface area contributed by atoms with E-state index in [4.69, 9.17) is 28.4 Å². The molecule has 280 valence electrons. The van der Waals surface area contributed by atoms with E-state index < -0.39 is 51.7 Å². The lowest BCUT2D eigenvalue weighted by Gasteiger charge is -2.57. The summed E-state index contributed by atoms with van der Waals surface area (Å²) in [5.41, 5.74) is 3.71. The van der Waals surface area contributed by atoms with Crippen molar-refractivity contribution in [3.05, 3.63) is 62.7 Å². The molecule has 0 radical (unpaired) electrons. The normalized spacial score (nSPS) is 29.3. The Balaban J connectivity index is 1.32. The highest BCUT2D eigenvalue weighted by atomic mass is 32.2. The molecule has 0 amide bonds. The summed E-state index contributed by atoms with van der Waals surface area (Å²) in [4.78, 5) is 29.7. The molecule has 3 aromatic rings. The van der Waals surface area contributed by atoms with Gasteiger partial charge < -0.3 is 44.0 Å². The van der Waals surface area contributed by atoms with Gasteiger partial charge in [0.1, 0.15) is 12.4 Å². The van der Waals surface area contributed by atoms with E-state index in [1.165, 1.54) is 21.1 Å². The third-order valence-corrected chi connectivity index (χ3v) is 13.6. The second kappa shape index (κ2) is 12.2. The second-order valence-corrected chi connectivity index (χ2v) is 16.2. The van der Waals surface area contributed by atoms with E-state index in [9.17, 15) is 19.8 Å². The number of benzene rings is 3. The Kier molecular flexibility index (Phi) is 7.90. The molecule has 1 spiro atoms. The molecule has 15 heteroatoms. The Bertz CT molecular complexity index is 2140. The Hall–Kier alpha value is -4.57. The van der Waals surface area contributed by atoms with E-state index in [-0.39, 0.29) is 48.2 Å². The molecular formula is C38H41N3O11S. The molecular weight excluding hydrogens is 706 g/mol. The van der Waals surface area contributed by atoms with E-state index >= 15 is 4.21 Å². The molecule has 3 aromatic carbocycles. The smallest absolute Gasteiger partial charge is 0.332 e. The molecule has 7 heterocycles. The van der Waals surface area contributed by atoms with Crippen LogP contribution in [0.5, 0.6) is 40.2 Å². The minimum atomic E-state index is -1.93. The van der Waals surface area contributed by atoms with Gasteiger partial charge in [0.2, 0.25) is 6.79 Å². The number of nitrogens with zero attached hydrogens (tertiary/aromatic N) is 1. The van der Waals surface area contributed by atoms with E-state index in [1.807, 2.05) is 13.0 Å². The number of ether oxygens (including phenoxy) is 6. The number of carbonyl (C=O) groups excluding carboxylic acids is 2. The molecule has 0 aliphatic carbocycles. The van der Waals surface area contributed by atoms with Gasteiger partial charge in [-0.2, -0.15) is 0 Å². The summed E-state index contributed by atoms with van der Waals surface area (Å²) in [5.74, 6) is 0.162. The highest BCUT2D eigenvalue weighted by Crippen LogP contribution is 2.61. The monoisotopic (exact) mass is 747 g/mol. The van der Waals surface area contributed by atoms with Gasteiger partial charge in [-0.1, -0.05) is 6.07 Å². The van der Waals surface area contributed by atoms with Crippen molar-refractivity contribution in [2.45, 2.75) is 68.6 Å². The van der Waals surface area contributed by atoms with Crippen LogP contribution in [0.4, 0.5) is 0 Å². The lowest BCUT2D eigenvalue weighted by Crippen LogP contribution is -2.67. The molecule has 4 N–H and O–H groups in total. The van der Waals surface area contributed by atoms with Crippen molar-refractivity contribution >= 4 is 22.7 Å². The van der Waals surface area contributed by atoms with Gasteiger partial charge in [-0.3, -0.25) is 19.2 Å². The van der Waals surface area contributed by atoms with E-state index in [0.29, 0.717) is 76.6 Å². The van der Waals surface area contributed by atoms with Crippen molar-refractivity contribution in [2.24, 2.45) is 0 Å². The third kappa shape index (κ3) is 4.83. The molecule has 7 aliphatic rings. The average molecular weight is 748 g/mol. The first-order valence-electron chi connectivity index (χ1n) is 17.7. The Morgan fingerprint density at radius 1 is 1.02 bits per heavy atom. The molecule has 10 rings (SSSR count). The van der Waals surface area contributed by atoms with E-state index in [0.717, 1.165) is 11.1 Å². The van der Waals surface area contributed by atoms with Crippen molar-refractivity contribution in [1.82, 2.24) is 15.5 Å². The van der Waals surface area contributed by atoms with Gasteiger partial charge in [0.05, 0.1) is 37.3 Å². The topological polar surface area (TPSA) is 174 Å². The van der Waals surface area contributed by atoms with E-state index in [1.54, 1.807) is 19.1 Å². The summed E-state index contributed by atoms with van der Waals surface area (Å²) in [6.07, 6.45) is 1.12. The van der Waals surface area contributed by atoms with Crippen LogP contribution in [-0.4, -0.2) is 89.8 Å². The number of phenols is 2. The van der Waals surface area contributed by atoms with Crippen LogP contribution in [0.15, 0.2) is 18.2 Å². The molecule has 7 aliphatic heterocycles. The summed E-state index contributed by atoms with van der Waals surface area (Å²) >= 11 is 0. The van der Waals surface area contributed by atoms with Gasteiger partial charge in [0.25, 0.3) is 0 Å². The molecule has 53 heavy (non-hydrogen) atoms. The quantitative estimate of drug-likeness (QED) is 0.228. The van der Waals surface area contributed by atoms with Crippen molar-refractivity contribution in [3.63, 3.8) is 0 Å². The molecule has 2 fully saturated rings. The minimum Gasteiger partial charge on any atom is -0.504 e. The van der Waals surface area contributed by atoms with Crippen LogP contribution in [0.2, 0.25) is 0 Å². The number of hydrogen-bond acceptors (Lipinski definition) is 14. The number of hydrogen-bond donors (Lipinski definition) is 4. The highest BCUT2D eigenvalue weighted by Gasteiger charge is 2.59. The fraction of sp³-hybridized carbons (Fsp3) is 0.474. The van der Waals surface area contributed by atoms with Crippen LogP contribution in [0.1, 0.15) is 68.8 Å². The van der Waals surface area contributed by atoms with Gasteiger partial charge in [0.15, 0.2) is 40.0 Å². The van der Waals surface area contributed by atoms with Crippen molar-refractivity contribution < 1.29 is 52.4 Å². The Labute approximate surface area is 308 Å². The zero-order chi connectivity index (χ0) is 37.1. The van der Waals surface area contributed by atoms with Crippen LogP contribution in [0.25, 0.3) is 0 Å². The molecule has 2 saturated heterocycles.